The maximum Gasteiger partial charge on any atom is 0.244 e. The van der Waals surface area contributed by atoms with Gasteiger partial charge in [-0.2, -0.15) is 5.10 Å². The summed E-state index contributed by atoms with van der Waals surface area (Å²) in [6.45, 7) is 2.88. The van der Waals surface area contributed by atoms with Gasteiger partial charge in [0.05, 0.1) is 17.9 Å². The number of benzene rings is 2. The number of rotatable bonds is 8. The smallest absolute Gasteiger partial charge is 0.244 e. The van der Waals surface area contributed by atoms with Crippen LogP contribution in [0.3, 0.4) is 0 Å². The Kier molecular flexibility index (Phi) is 6.14. The van der Waals surface area contributed by atoms with Crippen molar-refractivity contribution in [2.75, 3.05) is 11.4 Å². The number of ether oxygens (including phenoxy) is 1. The van der Waals surface area contributed by atoms with E-state index < -0.39 is 0 Å². The van der Waals surface area contributed by atoms with Crippen molar-refractivity contribution in [3.05, 3.63) is 72.6 Å². The molecule has 6 nitrogen and oxygen atoms in total. The minimum atomic E-state index is -0.179. The first-order valence-electron chi connectivity index (χ1n) is 10.5. The highest BCUT2D eigenvalue weighted by molar-refractivity contribution is 5.99. The second kappa shape index (κ2) is 9.13. The molecular weight excluding hydrogens is 376 g/mol. The van der Waals surface area contributed by atoms with Crippen molar-refractivity contribution >= 4 is 11.6 Å². The van der Waals surface area contributed by atoms with E-state index in [1.54, 1.807) is 10.9 Å². The van der Waals surface area contributed by atoms with Crippen LogP contribution < -0.4 is 15.0 Å². The van der Waals surface area contributed by atoms with Gasteiger partial charge >= 0.3 is 0 Å². The molecule has 1 aliphatic rings. The number of hydrogen-bond donors (Lipinski definition) is 1. The molecule has 1 aliphatic heterocycles. The van der Waals surface area contributed by atoms with E-state index in [4.69, 9.17) is 4.74 Å². The quantitative estimate of drug-likeness (QED) is 0.603. The monoisotopic (exact) mass is 404 g/mol. The van der Waals surface area contributed by atoms with Gasteiger partial charge in [-0.05, 0) is 42.7 Å². The molecule has 2 heterocycles. The standard InChI is InChI=1S/C24H28N4O2/c1-3-7-22(18-10-12-21(13-11-18)30-20-8-5-4-6-9-20)26-23-14-15-28(24(23)29)19-16-25-27(2)17-19/h4-6,8-13,16-17,22-23,26H,3,7,14-15H2,1-2H3. The Morgan fingerprint density at radius 2 is 1.87 bits per heavy atom. The summed E-state index contributed by atoms with van der Waals surface area (Å²) in [6.07, 6.45) is 6.43. The van der Waals surface area contributed by atoms with Crippen molar-refractivity contribution in [3.63, 3.8) is 0 Å². The number of nitrogens with zero attached hydrogens (tertiary/aromatic N) is 3. The SMILES string of the molecule is CCCC(NC1CCN(c2cnn(C)c2)C1=O)c1ccc(Oc2ccccc2)cc1. The Morgan fingerprint density at radius 3 is 2.53 bits per heavy atom. The Bertz CT molecular complexity index is 968. The molecule has 1 fully saturated rings. The number of para-hydroxylation sites is 1. The molecule has 1 N–H and O–H groups in total. The molecule has 0 aliphatic carbocycles. The molecule has 156 valence electrons. The zero-order valence-corrected chi connectivity index (χ0v) is 17.5. The summed E-state index contributed by atoms with van der Waals surface area (Å²) < 4.78 is 7.62. The molecule has 0 spiro atoms. The van der Waals surface area contributed by atoms with Crippen molar-refractivity contribution in [1.82, 2.24) is 15.1 Å². The first-order chi connectivity index (χ1) is 14.6. The zero-order valence-electron chi connectivity index (χ0n) is 17.5. The summed E-state index contributed by atoms with van der Waals surface area (Å²) >= 11 is 0. The molecule has 4 rings (SSSR count). The number of carbonyl (C=O) groups excluding carboxylic acids is 1. The third-order valence-corrected chi connectivity index (χ3v) is 5.45. The number of nitrogens with one attached hydrogen (secondary N) is 1. The lowest BCUT2D eigenvalue weighted by Crippen LogP contribution is -2.40. The van der Waals surface area contributed by atoms with Gasteiger partial charge in [-0.3, -0.25) is 14.8 Å². The first-order valence-corrected chi connectivity index (χ1v) is 10.5. The minimum Gasteiger partial charge on any atom is -0.457 e. The van der Waals surface area contributed by atoms with Crippen LogP contribution >= 0.6 is 0 Å². The van der Waals surface area contributed by atoms with Gasteiger partial charge in [0.1, 0.15) is 11.5 Å². The lowest BCUT2D eigenvalue weighted by Gasteiger charge is -2.23. The average molecular weight is 405 g/mol. The Labute approximate surface area is 177 Å². The molecule has 6 heteroatoms. The predicted octanol–water partition coefficient (Wildman–Crippen LogP) is 4.45. The lowest BCUT2D eigenvalue weighted by molar-refractivity contribution is -0.119. The predicted molar refractivity (Wildman–Crippen MR) is 118 cm³/mol. The van der Waals surface area contributed by atoms with Crippen LogP contribution in [0, 0.1) is 0 Å². The van der Waals surface area contributed by atoms with E-state index in [1.165, 1.54) is 5.56 Å². The van der Waals surface area contributed by atoms with Crippen LogP contribution in [0.2, 0.25) is 0 Å². The Balaban J connectivity index is 1.43. The van der Waals surface area contributed by atoms with Gasteiger partial charge in [0.25, 0.3) is 0 Å². The number of carbonyl (C=O) groups is 1. The van der Waals surface area contributed by atoms with E-state index in [0.717, 1.165) is 36.4 Å². The zero-order chi connectivity index (χ0) is 20.9. The van der Waals surface area contributed by atoms with Crippen LogP contribution in [0.25, 0.3) is 0 Å². The summed E-state index contributed by atoms with van der Waals surface area (Å²) in [7, 11) is 1.86. The molecule has 1 amide bonds. The number of amides is 1. The number of anilines is 1. The average Bonchev–Trinajstić information content (AvgIpc) is 3.34. The molecule has 2 atom stereocenters. The second-order valence-electron chi connectivity index (χ2n) is 7.70. The third kappa shape index (κ3) is 4.54. The van der Waals surface area contributed by atoms with E-state index in [-0.39, 0.29) is 18.0 Å². The normalized spacial score (nSPS) is 17.3. The van der Waals surface area contributed by atoms with Gasteiger partial charge < -0.3 is 9.64 Å². The molecule has 30 heavy (non-hydrogen) atoms. The molecule has 2 aromatic carbocycles. The van der Waals surface area contributed by atoms with Crippen molar-refractivity contribution in [1.29, 1.82) is 0 Å². The van der Waals surface area contributed by atoms with E-state index in [9.17, 15) is 4.79 Å². The van der Waals surface area contributed by atoms with Gasteiger partial charge in [0.15, 0.2) is 0 Å². The molecule has 0 radical (unpaired) electrons. The molecule has 1 aromatic heterocycles. The van der Waals surface area contributed by atoms with Crippen LogP contribution in [-0.2, 0) is 11.8 Å². The summed E-state index contributed by atoms with van der Waals surface area (Å²) in [5, 5.41) is 7.79. The second-order valence-corrected chi connectivity index (χ2v) is 7.70. The van der Waals surface area contributed by atoms with Crippen molar-refractivity contribution < 1.29 is 9.53 Å². The van der Waals surface area contributed by atoms with Crippen molar-refractivity contribution in [2.24, 2.45) is 7.05 Å². The van der Waals surface area contributed by atoms with Crippen LogP contribution in [-0.4, -0.2) is 28.3 Å². The highest BCUT2D eigenvalue weighted by atomic mass is 16.5. The summed E-state index contributed by atoms with van der Waals surface area (Å²) in [6, 6.07) is 17.9. The molecular formula is C24H28N4O2. The topological polar surface area (TPSA) is 59.4 Å². The third-order valence-electron chi connectivity index (χ3n) is 5.45. The van der Waals surface area contributed by atoms with E-state index in [0.29, 0.717) is 6.54 Å². The highest BCUT2D eigenvalue weighted by Crippen LogP contribution is 2.27. The fourth-order valence-corrected chi connectivity index (χ4v) is 3.91. The summed E-state index contributed by atoms with van der Waals surface area (Å²) in [4.78, 5) is 14.8. The van der Waals surface area contributed by atoms with Gasteiger partial charge in [0.2, 0.25) is 5.91 Å². The van der Waals surface area contributed by atoms with E-state index in [2.05, 4.69) is 29.5 Å². The van der Waals surface area contributed by atoms with E-state index in [1.807, 2.05) is 60.6 Å². The molecule has 1 saturated heterocycles. The molecule has 2 unspecified atom stereocenters. The summed E-state index contributed by atoms with van der Waals surface area (Å²) in [5.74, 6) is 1.74. The largest absolute Gasteiger partial charge is 0.457 e. The molecule has 0 bridgehead atoms. The fraction of sp³-hybridized carbons (Fsp3) is 0.333. The Hall–Kier alpha value is -3.12. The van der Waals surface area contributed by atoms with Crippen LogP contribution in [0.5, 0.6) is 11.5 Å². The van der Waals surface area contributed by atoms with Crippen LogP contribution in [0.1, 0.15) is 37.8 Å². The highest BCUT2D eigenvalue weighted by Gasteiger charge is 2.34. The van der Waals surface area contributed by atoms with Gasteiger partial charge in [0, 0.05) is 25.8 Å². The van der Waals surface area contributed by atoms with E-state index >= 15 is 0 Å². The van der Waals surface area contributed by atoms with Gasteiger partial charge in [-0.1, -0.05) is 43.7 Å². The number of aromatic nitrogens is 2. The first kappa shape index (κ1) is 20.2. The van der Waals surface area contributed by atoms with Crippen molar-refractivity contribution in [3.8, 4) is 11.5 Å². The maximum absolute atomic E-state index is 12.9. The lowest BCUT2D eigenvalue weighted by atomic mass is 10.0. The molecule has 0 saturated carbocycles. The fourth-order valence-electron chi connectivity index (χ4n) is 3.91. The van der Waals surface area contributed by atoms with Crippen LogP contribution in [0.15, 0.2) is 67.0 Å². The Morgan fingerprint density at radius 1 is 1.13 bits per heavy atom. The number of hydrogen-bond acceptors (Lipinski definition) is 4. The number of aryl methyl sites for hydroxylation is 1. The maximum atomic E-state index is 12.9. The van der Waals surface area contributed by atoms with Crippen molar-refractivity contribution in [2.45, 2.75) is 38.3 Å². The van der Waals surface area contributed by atoms with Crippen LogP contribution in [0.4, 0.5) is 5.69 Å². The molecule has 3 aromatic rings. The van der Waals surface area contributed by atoms with Gasteiger partial charge in [-0.25, -0.2) is 0 Å². The van der Waals surface area contributed by atoms with Gasteiger partial charge in [-0.15, -0.1) is 0 Å². The minimum absolute atomic E-state index is 0.119. The summed E-state index contributed by atoms with van der Waals surface area (Å²) in [5.41, 5.74) is 2.03.